The Morgan fingerprint density at radius 3 is 2.82 bits per heavy atom. The van der Waals surface area contributed by atoms with Crippen LogP contribution in [0.3, 0.4) is 0 Å². The molecule has 0 radical (unpaired) electrons. The molecule has 2 saturated carbocycles. The van der Waals surface area contributed by atoms with Gasteiger partial charge < -0.3 is 9.88 Å². The van der Waals surface area contributed by atoms with Crippen LogP contribution in [0.2, 0.25) is 0 Å². The minimum absolute atomic E-state index is 0.507. The summed E-state index contributed by atoms with van der Waals surface area (Å²) in [5.41, 5.74) is 2.01. The molecule has 3 nitrogen and oxygen atoms in total. The molecule has 2 aliphatic carbocycles. The number of nitrogens with one attached hydrogen (secondary N) is 1. The van der Waals surface area contributed by atoms with Gasteiger partial charge in [-0.05, 0) is 50.9 Å². The standard InChI is InChI=1S/C14H23N3/c1-11(2)17-10-16-8-13(17)7-15-9-14(5-6-14)12-3-4-12/h8,10-12,15H,3-7,9H2,1-2H3. The summed E-state index contributed by atoms with van der Waals surface area (Å²) in [5.74, 6) is 1.05. The summed E-state index contributed by atoms with van der Waals surface area (Å²) in [6.07, 6.45) is 9.79. The predicted octanol–water partition coefficient (Wildman–Crippen LogP) is 2.74. The molecule has 3 rings (SSSR count). The summed E-state index contributed by atoms with van der Waals surface area (Å²) in [6, 6.07) is 0.507. The van der Waals surface area contributed by atoms with Gasteiger partial charge >= 0.3 is 0 Å². The maximum atomic E-state index is 4.24. The molecule has 1 aromatic heterocycles. The lowest BCUT2D eigenvalue weighted by molar-refractivity contribution is 0.398. The van der Waals surface area contributed by atoms with Gasteiger partial charge in [-0.3, -0.25) is 0 Å². The van der Waals surface area contributed by atoms with E-state index in [1.165, 1.54) is 37.9 Å². The normalized spacial score (nSPS) is 22.1. The highest BCUT2D eigenvalue weighted by molar-refractivity contribution is 5.06. The Labute approximate surface area is 104 Å². The zero-order valence-corrected chi connectivity index (χ0v) is 10.9. The van der Waals surface area contributed by atoms with Crippen molar-refractivity contribution in [3.05, 3.63) is 18.2 Å². The monoisotopic (exact) mass is 233 g/mol. The van der Waals surface area contributed by atoms with E-state index in [2.05, 4.69) is 28.7 Å². The van der Waals surface area contributed by atoms with Crippen LogP contribution in [0.25, 0.3) is 0 Å². The Hall–Kier alpha value is -0.830. The molecular formula is C14H23N3. The number of aromatic nitrogens is 2. The molecule has 2 aliphatic rings. The quantitative estimate of drug-likeness (QED) is 0.818. The van der Waals surface area contributed by atoms with Crippen molar-refractivity contribution >= 4 is 0 Å². The van der Waals surface area contributed by atoms with E-state index in [9.17, 15) is 0 Å². The predicted molar refractivity (Wildman–Crippen MR) is 68.7 cm³/mol. The lowest BCUT2D eigenvalue weighted by Gasteiger charge is -2.16. The Balaban J connectivity index is 1.52. The van der Waals surface area contributed by atoms with Crippen LogP contribution in [-0.4, -0.2) is 16.1 Å². The fourth-order valence-corrected chi connectivity index (χ4v) is 2.96. The van der Waals surface area contributed by atoms with Gasteiger partial charge in [0, 0.05) is 25.3 Å². The number of imidazole rings is 1. The van der Waals surface area contributed by atoms with E-state index in [1.54, 1.807) is 0 Å². The van der Waals surface area contributed by atoms with Gasteiger partial charge in [0.15, 0.2) is 0 Å². The van der Waals surface area contributed by atoms with Gasteiger partial charge in [0.25, 0.3) is 0 Å². The Kier molecular flexibility index (Phi) is 2.74. The van der Waals surface area contributed by atoms with Crippen LogP contribution in [0.5, 0.6) is 0 Å². The highest BCUT2D eigenvalue weighted by Crippen LogP contribution is 2.60. The number of nitrogens with zero attached hydrogens (tertiary/aromatic N) is 2. The van der Waals surface area contributed by atoms with Gasteiger partial charge in [-0.25, -0.2) is 4.98 Å². The molecule has 0 spiro atoms. The molecule has 94 valence electrons. The average Bonchev–Trinajstić information content (AvgIpc) is 3.17. The summed E-state index contributed by atoms with van der Waals surface area (Å²) in [5, 5.41) is 3.65. The van der Waals surface area contributed by atoms with Gasteiger partial charge in [-0.15, -0.1) is 0 Å². The van der Waals surface area contributed by atoms with Crippen molar-refractivity contribution in [1.82, 2.24) is 14.9 Å². The highest BCUT2D eigenvalue weighted by Gasteiger charge is 2.53. The molecule has 0 saturated heterocycles. The summed E-state index contributed by atoms with van der Waals surface area (Å²) in [6.45, 7) is 6.59. The first-order valence-corrected chi connectivity index (χ1v) is 6.93. The molecule has 2 fully saturated rings. The van der Waals surface area contributed by atoms with Crippen molar-refractivity contribution in [1.29, 1.82) is 0 Å². The van der Waals surface area contributed by atoms with Gasteiger partial charge in [0.05, 0.1) is 12.0 Å². The smallest absolute Gasteiger partial charge is 0.0951 e. The van der Waals surface area contributed by atoms with E-state index in [0.717, 1.165) is 12.5 Å². The minimum Gasteiger partial charge on any atom is -0.331 e. The largest absolute Gasteiger partial charge is 0.331 e. The third kappa shape index (κ3) is 2.25. The molecule has 0 amide bonds. The van der Waals surface area contributed by atoms with Crippen LogP contribution < -0.4 is 5.32 Å². The second kappa shape index (κ2) is 4.13. The molecule has 0 bridgehead atoms. The molecule has 1 N–H and O–H groups in total. The molecule has 0 aromatic carbocycles. The van der Waals surface area contributed by atoms with E-state index < -0.39 is 0 Å². The summed E-state index contributed by atoms with van der Waals surface area (Å²) >= 11 is 0. The van der Waals surface area contributed by atoms with Crippen LogP contribution in [-0.2, 0) is 6.54 Å². The molecule has 0 aliphatic heterocycles. The zero-order valence-electron chi connectivity index (χ0n) is 10.9. The molecule has 3 heteroatoms. The van der Waals surface area contributed by atoms with Crippen LogP contribution in [0.1, 0.15) is 51.3 Å². The maximum absolute atomic E-state index is 4.24. The third-order valence-corrected chi connectivity index (χ3v) is 4.42. The number of hydrogen-bond acceptors (Lipinski definition) is 2. The SMILES string of the molecule is CC(C)n1cncc1CNCC1(C2CC2)CC1. The topological polar surface area (TPSA) is 29.9 Å². The minimum atomic E-state index is 0.507. The van der Waals surface area contributed by atoms with Gasteiger partial charge in [0.2, 0.25) is 0 Å². The molecular weight excluding hydrogens is 210 g/mol. The van der Waals surface area contributed by atoms with Gasteiger partial charge in [-0.1, -0.05) is 0 Å². The molecule has 1 heterocycles. The lowest BCUT2D eigenvalue weighted by Crippen LogP contribution is -2.26. The summed E-state index contributed by atoms with van der Waals surface area (Å²) in [4.78, 5) is 4.24. The molecule has 1 aromatic rings. The number of rotatable bonds is 6. The maximum Gasteiger partial charge on any atom is 0.0951 e. The van der Waals surface area contributed by atoms with Gasteiger partial charge in [-0.2, -0.15) is 0 Å². The van der Waals surface area contributed by atoms with Crippen molar-refractivity contribution in [2.45, 2.75) is 52.1 Å². The third-order valence-electron chi connectivity index (χ3n) is 4.42. The van der Waals surface area contributed by atoms with Crippen molar-refractivity contribution in [3.8, 4) is 0 Å². The van der Waals surface area contributed by atoms with Crippen LogP contribution in [0, 0.1) is 11.3 Å². The Morgan fingerprint density at radius 2 is 2.24 bits per heavy atom. The lowest BCUT2D eigenvalue weighted by atomic mass is 10.0. The van der Waals surface area contributed by atoms with E-state index in [1.807, 2.05) is 12.5 Å². The molecule has 0 unspecified atom stereocenters. The first kappa shape index (κ1) is 11.3. The van der Waals surface area contributed by atoms with E-state index in [-0.39, 0.29) is 0 Å². The van der Waals surface area contributed by atoms with E-state index >= 15 is 0 Å². The Bertz CT molecular complexity index is 386. The van der Waals surface area contributed by atoms with E-state index in [0.29, 0.717) is 11.5 Å². The second-order valence-corrected chi connectivity index (χ2v) is 6.13. The van der Waals surface area contributed by atoms with Crippen molar-refractivity contribution < 1.29 is 0 Å². The second-order valence-electron chi connectivity index (χ2n) is 6.13. The first-order chi connectivity index (χ1) is 8.21. The highest BCUT2D eigenvalue weighted by atomic mass is 15.1. The zero-order chi connectivity index (χ0) is 11.9. The van der Waals surface area contributed by atoms with Crippen molar-refractivity contribution in [2.75, 3.05) is 6.54 Å². The van der Waals surface area contributed by atoms with Crippen LogP contribution in [0.15, 0.2) is 12.5 Å². The van der Waals surface area contributed by atoms with Gasteiger partial charge in [0.1, 0.15) is 0 Å². The molecule has 17 heavy (non-hydrogen) atoms. The van der Waals surface area contributed by atoms with Crippen LogP contribution >= 0.6 is 0 Å². The molecule has 0 atom stereocenters. The number of hydrogen-bond donors (Lipinski definition) is 1. The van der Waals surface area contributed by atoms with E-state index in [4.69, 9.17) is 0 Å². The first-order valence-electron chi connectivity index (χ1n) is 6.93. The fraction of sp³-hybridized carbons (Fsp3) is 0.786. The summed E-state index contributed by atoms with van der Waals surface area (Å²) in [7, 11) is 0. The average molecular weight is 233 g/mol. The van der Waals surface area contributed by atoms with Crippen LogP contribution in [0.4, 0.5) is 0 Å². The van der Waals surface area contributed by atoms with Crippen molar-refractivity contribution in [2.24, 2.45) is 11.3 Å². The van der Waals surface area contributed by atoms with Crippen molar-refractivity contribution in [3.63, 3.8) is 0 Å². The summed E-state index contributed by atoms with van der Waals surface area (Å²) < 4.78 is 2.25. The fourth-order valence-electron chi connectivity index (χ4n) is 2.96. The Morgan fingerprint density at radius 1 is 1.47 bits per heavy atom.